The van der Waals surface area contributed by atoms with E-state index in [4.69, 9.17) is 25.0 Å². The van der Waals surface area contributed by atoms with Gasteiger partial charge in [0.1, 0.15) is 98.8 Å². The molecule has 0 aliphatic rings. The Hall–Kier alpha value is -4.32. The molecule has 0 saturated heterocycles. The van der Waals surface area contributed by atoms with Crippen molar-refractivity contribution in [2.45, 2.75) is 0 Å². The molecule has 0 bridgehead atoms. The molecule has 0 aliphatic carbocycles. The van der Waals surface area contributed by atoms with E-state index in [1.54, 1.807) is 0 Å². The topological polar surface area (TPSA) is 88.5 Å². The molecule has 14 heteroatoms. The van der Waals surface area contributed by atoms with Gasteiger partial charge in [-0.2, -0.15) is 0 Å². The minimum Gasteiger partial charge on any atom is -0.456 e. The maximum Gasteiger partial charge on any atom is 0.154 e. The van der Waals surface area contributed by atoms with Crippen molar-refractivity contribution in [1.29, 1.82) is 5.41 Å². The molecular formula is C30H28B9N3O2. The molecule has 0 radical (unpaired) electrons. The molecule has 2 aromatic heterocycles. The van der Waals surface area contributed by atoms with Crippen molar-refractivity contribution >= 4 is 186 Å². The maximum absolute atomic E-state index is 9.07. The number of para-hydroxylation sites is 1. The fourth-order valence-corrected chi connectivity index (χ4v) is 7.38. The Balaban J connectivity index is 1.50. The Morgan fingerprint density at radius 2 is 1.11 bits per heavy atom. The monoisotopic (exact) mass is 561 g/mol. The Bertz CT molecular complexity index is 2480. The lowest BCUT2D eigenvalue weighted by molar-refractivity contribution is 0.669. The van der Waals surface area contributed by atoms with Crippen LogP contribution in [-0.2, 0) is 0 Å². The van der Waals surface area contributed by atoms with Gasteiger partial charge in [0.25, 0.3) is 0 Å². The largest absolute Gasteiger partial charge is 0.456 e. The van der Waals surface area contributed by atoms with Crippen molar-refractivity contribution in [3.8, 4) is 0 Å². The molecule has 202 valence electrons. The van der Waals surface area contributed by atoms with Crippen LogP contribution in [0.4, 0.5) is 0 Å². The third-order valence-electron chi connectivity index (χ3n) is 10.3. The first-order valence-corrected chi connectivity index (χ1v) is 15.1. The molecule has 44 heavy (non-hydrogen) atoms. The van der Waals surface area contributed by atoms with Gasteiger partial charge in [-0.05, 0) is 17.5 Å². The summed E-state index contributed by atoms with van der Waals surface area (Å²) in [5.41, 5.74) is 22.5. The Morgan fingerprint density at radius 3 is 1.84 bits per heavy atom. The van der Waals surface area contributed by atoms with Crippen LogP contribution < -0.4 is 54.9 Å². The molecule has 0 atom stereocenters. The zero-order chi connectivity index (χ0) is 31.4. The van der Waals surface area contributed by atoms with Crippen LogP contribution in [0.15, 0.2) is 56.3 Å². The summed E-state index contributed by atoms with van der Waals surface area (Å²) in [6, 6.07) is 13.6. The maximum atomic E-state index is 9.07. The minimum atomic E-state index is 0.100. The lowest BCUT2D eigenvalue weighted by atomic mass is 9.61. The van der Waals surface area contributed by atoms with Crippen molar-refractivity contribution < 1.29 is 8.83 Å². The van der Waals surface area contributed by atoms with Crippen LogP contribution in [0, 0.1) is 5.41 Å². The summed E-state index contributed by atoms with van der Waals surface area (Å²) in [6.45, 7) is 0. The number of amidine groups is 2. The highest BCUT2D eigenvalue weighted by molar-refractivity contribution is 6.72. The van der Waals surface area contributed by atoms with Crippen LogP contribution >= 0.6 is 0 Å². The molecule has 5 nitrogen and oxygen atoms in total. The predicted molar refractivity (Wildman–Crippen MR) is 216 cm³/mol. The second-order valence-electron chi connectivity index (χ2n) is 12.4. The van der Waals surface area contributed by atoms with Crippen molar-refractivity contribution in [3.05, 3.63) is 53.6 Å². The quantitative estimate of drug-likeness (QED) is 0.125. The molecule has 0 saturated carbocycles. The van der Waals surface area contributed by atoms with Crippen molar-refractivity contribution in [3.63, 3.8) is 0 Å². The van der Waals surface area contributed by atoms with Crippen LogP contribution in [0.25, 0.3) is 54.6 Å². The molecule has 0 fully saturated rings. The number of rotatable bonds is 2. The molecule has 7 rings (SSSR count). The first kappa shape index (κ1) is 28.5. The zero-order valence-corrected chi connectivity index (χ0v) is 26.9. The first-order valence-electron chi connectivity index (χ1n) is 15.1. The Morgan fingerprint density at radius 1 is 0.545 bits per heavy atom. The van der Waals surface area contributed by atoms with E-state index in [2.05, 4.69) is 70.6 Å². The van der Waals surface area contributed by atoms with Crippen molar-refractivity contribution in [2.75, 3.05) is 0 Å². The van der Waals surface area contributed by atoms with Crippen LogP contribution in [0.1, 0.15) is 11.1 Å². The Kier molecular flexibility index (Phi) is 6.37. The third-order valence-corrected chi connectivity index (χ3v) is 10.3. The van der Waals surface area contributed by atoms with E-state index in [-0.39, 0.29) is 5.84 Å². The van der Waals surface area contributed by atoms with Crippen LogP contribution in [-0.4, -0.2) is 82.3 Å². The summed E-state index contributed by atoms with van der Waals surface area (Å²) in [5.74, 6) is 0.422. The van der Waals surface area contributed by atoms with E-state index in [1.807, 2.05) is 42.5 Å². The number of hydrogen-bond donors (Lipinski definition) is 2. The van der Waals surface area contributed by atoms with Gasteiger partial charge in [-0.15, -0.1) is 10.9 Å². The fourth-order valence-electron chi connectivity index (χ4n) is 7.38. The highest BCUT2D eigenvalue weighted by Crippen LogP contribution is 2.32. The summed E-state index contributed by atoms with van der Waals surface area (Å²) in [5, 5.41) is 15.6. The smallest absolute Gasteiger partial charge is 0.154 e. The van der Waals surface area contributed by atoms with Gasteiger partial charge in [0.15, 0.2) is 5.84 Å². The van der Waals surface area contributed by atoms with Gasteiger partial charge < -0.3 is 14.6 Å². The van der Waals surface area contributed by atoms with Crippen LogP contribution in [0.5, 0.6) is 0 Å². The summed E-state index contributed by atoms with van der Waals surface area (Å²) < 4.78 is 12.9. The highest BCUT2D eigenvalue weighted by atomic mass is 16.3. The van der Waals surface area contributed by atoms with Gasteiger partial charge >= 0.3 is 0 Å². The minimum absolute atomic E-state index is 0.100. The van der Waals surface area contributed by atoms with Crippen molar-refractivity contribution in [1.82, 2.24) is 0 Å². The molecule has 2 heterocycles. The molecule has 3 N–H and O–H groups in total. The second kappa shape index (κ2) is 9.85. The SMILES string of the molecule is Bc1c(/C(N)=N/C(=N)c2cccc3oc4ccccc4c23)c(B)c2c(oc3c4c(B)c(B)c(B)c(B)c4c(B)c(B)c32)c1B. The number of benzene rings is 5. The van der Waals surface area contributed by atoms with E-state index in [0.717, 1.165) is 65.8 Å². The lowest BCUT2D eigenvalue weighted by Crippen LogP contribution is -2.50. The van der Waals surface area contributed by atoms with E-state index in [9.17, 15) is 0 Å². The van der Waals surface area contributed by atoms with Gasteiger partial charge in [-0.25, -0.2) is 4.99 Å². The standard InChI is InChI=1S/C30H28B9N3O2/c31-18-15-16-21(34)19(32)13-14(22(35)25(38)24(37)20(13)33)27(16)44-28(15)26(39)23(36)17(18)30(41)42-29(40)9-5-3-7-11-12(9)8-4-1-2-6-10(8)43-11/h1-7H,31-39H2,(H3,40,41,42). The number of hydrogen-bond acceptors (Lipinski definition) is 3. The lowest BCUT2D eigenvalue weighted by Gasteiger charge is -2.19. The number of nitrogens with two attached hydrogens (primary N) is 1. The summed E-state index contributed by atoms with van der Waals surface area (Å²) in [7, 11) is 19.6. The molecular weight excluding hydrogens is 532 g/mol. The average molecular weight is 560 g/mol. The fraction of sp³-hybridized carbons (Fsp3) is 0. The number of furan rings is 2. The van der Waals surface area contributed by atoms with Gasteiger partial charge in [-0.1, -0.05) is 68.6 Å². The summed E-state index contributed by atoms with van der Waals surface area (Å²) in [6.07, 6.45) is 0. The number of nitrogens with one attached hydrogen (secondary N) is 1. The van der Waals surface area contributed by atoms with Crippen molar-refractivity contribution in [2.24, 2.45) is 10.7 Å². The number of aliphatic imine (C=N–C) groups is 1. The third kappa shape index (κ3) is 3.72. The molecule has 7 aromatic rings. The average Bonchev–Trinajstić information content (AvgIpc) is 3.59. The molecule has 5 aromatic carbocycles. The number of nitrogens with zero attached hydrogens (tertiary/aromatic N) is 1. The molecule has 0 unspecified atom stereocenters. The summed E-state index contributed by atoms with van der Waals surface area (Å²) in [4.78, 5) is 4.73. The second-order valence-corrected chi connectivity index (χ2v) is 12.4. The van der Waals surface area contributed by atoms with E-state index in [0.29, 0.717) is 11.4 Å². The molecule has 0 spiro atoms. The van der Waals surface area contributed by atoms with Gasteiger partial charge in [-0.3, -0.25) is 5.41 Å². The normalized spacial score (nSPS) is 12.3. The zero-order valence-electron chi connectivity index (χ0n) is 26.9. The highest BCUT2D eigenvalue weighted by Gasteiger charge is 2.25. The van der Waals surface area contributed by atoms with E-state index >= 15 is 0 Å². The molecule has 0 aliphatic heterocycles. The predicted octanol–water partition coefficient (Wildman–Crippen LogP) is -8.30. The van der Waals surface area contributed by atoms with E-state index in [1.165, 1.54) is 43.5 Å². The summed E-state index contributed by atoms with van der Waals surface area (Å²) >= 11 is 0. The molecule has 0 amide bonds. The van der Waals surface area contributed by atoms with E-state index < -0.39 is 0 Å². The Labute approximate surface area is 264 Å². The van der Waals surface area contributed by atoms with Crippen LogP contribution in [0.3, 0.4) is 0 Å². The number of fused-ring (bicyclic) bond motifs is 8. The van der Waals surface area contributed by atoms with Crippen LogP contribution in [0.2, 0.25) is 0 Å². The van der Waals surface area contributed by atoms with Gasteiger partial charge in [0, 0.05) is 38.1 Å². The van der Waals surface area contributed by atoms with Gasteiger partial charge in [0.05, 0.1) is 0 Å². The first-order chi connectivity index (χ1) is 20.9. The van der Waals surface area contributed by atoms with Gasteiger partial charge in [0.2, 0.25) is 0 Å².